The number of sulfone groups is 1. The van der Waals surface area contributed by atoms with Crippen molar-refractivity contribution in [3.63, 3.8) is 0 Å². The number of aryl methyl sites for hydroxylation is 2. The number of hydrogen-bond donors (Lipinski definition) is 0. The van der Waals surface area contributed by atoms with Crippen LogP contribution in [0.2, 0.25) is 0 Å². The number of carbonyl (C=O) groups is 2. The highest BCUT2D eigenvalue weighted by Crippen LogP contribution is 2.23. The van der Waals surface area contributed by atoms with Gasteiger partial charge in [-0.1, -0.05) is 13.0 Å². The summed E-state index contributed by atoms with van der Waals surface area (Å²) in [6.45, 7) is 3.48. The summed E-state index contributed by atoms with van der Waals surface area (Å²) < 4.78 is 28.9. The van der Waals surface area contributed by atoms with Gasteiger partial charge >= 0.3 is 5.97 Å². The number of rotatable bonds is 6. The van der Waals surface area contributed by atoms with Gasteiger partial charge in [0.1, 0.15) is 0 Å². The molecule has 0 saturated carbocycles. The quantitative estimate of drug-likeness (QED) is 0.677. The standard InChI is InChI=1S/C21H29NO5S/c1-3-15(2)22(19-10-11-28(25,26)14-19)20(23)13-27-21(24)18-9-8-16-6-4-5-7-17(16)12-18/h8-9,12,15,19H,3-7,10-11,13-14H2,1-2H3/t15-,19-/m1/s1. The summed E-state index contributed by atoms with van der Waals surface area (Å²) in [6, 6.07) is 5.16. The number of benzene rings is 1. The van der Waals surface area contributed by atoms with Crippen molar-refractivity contribution in [2.45, 2.75) is 64.5 Å². The van der Waals surface area contributed by atoms with E-state index in [-0.39, 0.29) is 36.1 Å². The molecule has 0 radical (unpaired) electrons. The fraction of sp³-hybridized carbons (Fsp3) is 0.619. The van der Waals surface area contributed by atoms with E-state index in [1.54, 1.807) is 11.0 Å². The van der Waals surface area contributed by atoms with Crippen LogP contribution in [0.15, 0.2) is 18.2 Å². The average molecular weight is 408 g/mol. The zero-order valence-electron chi connectivity index (χ0n) is 16.6. The third-order valence-corrected chi connectivity index (χ3v) is 7.62. The van der Waals surface area contributed by atoms with Crippen molar-refractivity contribution < 1.29 is 22.7 Å². The van der Waals surface area contributed by atoms with E-state index in [4.69, 9.17) is 4.74 Å². The van der Waals surface area contributed by atoms with Crippen molar-refractivity contribution in [3.8, 4) is 0 Å². The molecule has 0 bridgehead atoms. The van der Waals surface area contributed by atoms with Crippen LogP contribution in [0.4, 0.5) is 0 Å². The van der Waals surface area contributed by atoms with E-state index in [9.17, 15) is 18.0 Å². The molecule has 1 saturated heterocycles. The van der Waals surface area contributed by atoms with Gasteiger partial charge in [-0.3, -0.25) is 4.79 Å². The Bertz CT molecular complexity index is 848. The lowest BCUT2D eigenvalue weighted by Gasteiger charge is -2.33. The molecular weight excluding hydrogens is 378 g/mol. The fourth-order valence-electron chi connectivity index (χ4n) is 4.15. The molecular formula is C21H29NO5S. The maximum atomic E-state index is 12.8. The van der Waals surface area contributed by atoms with Crippen molar-refractivity contribution in [3.05, 3.63) is 34.9 Å². The van der Waals surface area contributed by atoms with Crippen molar-refractivity contribution in [1.29, 1.82) is 0 Å². The number of nitrogens with zero attached hydrogens (tertiary/aromatic N) is 1. The van der Waals surface area contributed by atoms with Crippen molar-refractivity contribution in [1.82, 2.24) is 4.90 Å². The number of ether oxygens (including phenoxy) is 1. The number of hydrogen-bond acceptors (Lipinski definition) is 5. The molecule has 1 heterocycles. The third kappa shape index (κ3) is 4.74. The van der Waals surface area contributed by atoms with Gasteiger partial charge in [-0.05, 0) is 68.7 Å². The summed E-state index contributed by atoms with van der Waals surface area (Å²) in [5, 5.41) is 0. The van der Waals surface area contributed by atoms with Gasteiger partial charge in [0.25, 0.3) is 5.91 Å². The van der Waals surface area contributed by atoms with Gasteiger partial charge in [0.05, 0.1) is 17.1 Å². The molecule has 0 N–H and O–H groups in total. The molecule has 1 aromatic rings. The molecule has 2 atom stereocenters. The summed E-state index contributed by atoms with van der Waals surface area (Å²) in [4.78, 5) is 26.8. The highest BCUT2D eigenvalue weighted by molar-refractivity contribution is 7.91. The third-order valence-electron chi connectivity index (χ3n) is 5.87. The van der Waals surface area contributed by atoms with Gasteiger partial charge in [0, 0.05) is 12.1 Å². The maximum absolute atomic E-state index is 12.8. The van der Waals surface area contributed by atoms with Crippen molar-refractivity contribution >= 4 is 21.7 Å². The number of esters is 1. The molecule has 1 fully saturated rings. The second-order valence-corrected chi connectivity index (χ2v) is 10.1. The van der Waals surface area contributed by atoms with Crippen LogP contribution in [0.5, 0.6) is 0 Å². The largest absolute Gasteiger partial charge is 0.452 e. The van der Waals surface area contributed by atoms with Crippen LogP contribution in [-0.4, -0.2) is 55.4 Å². The van der Waals surface area contributed by atoms with Crippen LogP contribution >= 0.6 is 0 Å². The second-order valence-electron chi connectivity index (χ2n) is 7.88. The summed E-state index contributed by atoms with van der Waals surface area (Å²) in [5.74, 6) is -0.748. The van der Waals surface area contributed by atoms with Crippen LogP contribution in [0.3, 0.4) is 0 Å². The molecule has 0 spiro atoms. The minimum Gasteiger partial charge on any atom is -0.452 e. The first-order chi connectivity index (χ1) is 13.3. The first-order valence-electron chi connectivity index (χ1n) is 10.1. The van der Waals surface area contributed by atoms with Crippen molar-refractivity contribution in [2.24, 2.45) is 0 Å². The van der Waals surface area contributed by atoms with Crippen LogP contribution in [-0.2, 0) is 32.2 Å². The lowest BCUT2D eigenvalue weighted by Crippen LogP contribution is -2.48. The Morgan fingerprint density at radius 2 is 1.93 bits per heavy atom. The van der Waals surface area contributed by atoms with E-state index in [2.05, 4.69) is 0 Å². The Hall–Kier alpha value is -1.89. The van der Waals surface area contributed by atoms with E-state index < -0.39 is 15.8 Å². The smallest absolute Gasteiger partial charge is 0.338 e. The first kappa shape index (κ1) is 20.8. The van der Waals surface area contributed by atoms with Crippen LogP contribution < -0.4 is 0 Å². The summed E-state index contributed by atoms with van der Waals surface area (Å²) >= 11 is 0. The van der Waals surface area contributed by atoms with Gasteiger partial charge in [-0.2, -0.15) is 0 Å². The second kappa shape index (κ2) is 8.64. The van der Waals surface area contributed by atoms with Gasteiger partial charge in [0.2, 0.25) is 0 Å². The molecule has 1 aliphatic carbocycles. The molecule has 1 aromatic carbocycles. The number of carbonyl (C=O) groups excluding carboxylic acids is 2. The topological polar surface area (TPSA) is 80.8 Å². The molecule has 1 amide bonds. The molecule has 3 rings (SSSR count). The van der Waals surface area contributed by atoms with E-state index in [1.807, 2.05) is 26.0 Å². The Labute approximate surface area is 167 Å². The predicted molar refractivity (Wildman–Crippen MR) is 107 cm³/mol. The molecule has 6 nitrogen and oxygen atoms in total. The van der Waals surface area contributed by atoms with E-state index in [0.717, 1.165) is 19.3 Å². The molecule has 0 unspecified atom stereocenters. The molecule has 0 aromatic heterocycles. The highest BCUT2D eigenvalue weighted by Gasteiger charge is 2.36. The zero-order chi connectivity index (χ0) is 20.3. The summed E-state index contributed by atoms with van der Waals surface area (Å²) in [5.41, 5.74) is 2.93. The first-order valence-corrected chi connectivity index (χ1v) is 11.9. The van der Waals surface area contributed by atoms with Gasteiger partial charge < -0.3 is 9.64 Å². The SMILES string of the molecule is CC[C@@H](C)N(C(=O)COC(=O)c1ccc2c(c1)CCCC2)[C@@H]1CCS(=O)(=O)C1. The minimum absolute atomic E-state index is 0.0121. The van der Waals surface area contributed by atoms with E-state index >= 15 is 0 Å². The van der Waals surface area contributed by atoms with Gasteiger partial charge in [-0.15, -0.1) is 0 Å². The summed E-state index contributed by atoms with van der Waals surface area (Å²) in [7, 11) is -3.10. The lowest BCUT2D eigenvalue weighted by molar-refractivity contribution is -0.138. The monoisotopic (exact) mass is 407 g/mol. The normalized spacial score (nSPS) is 21.6. The van der Waals surface area contributed by atoms with Crippen LogP contribution in [0.25, 0.3) is 0 Å². The Balaban J connectivity index is 1.64. The lowest BCUT2D eigenvalue weighted by atomic mass is 9.90. The van der Waals surface area contributed by atoms with E-state index in [1.165, 1.54) is 17.5 Å². The Morgan fingerprint density at radius 1 is 1.21 bits per heavy atom. The van der Waals surface area contributed by atoms with Crippen LogP contribution in [0.1, 0.15) is 61.0 Å². The van der Waals surface area contributed by atoms with E-state index in [0.29, 0.717) is 18.4 Å². The van der Waals surface area contributed by atoms with Crippen molar-refractivity contribution in [2.75, 3.05) is 18.1 Å². The fourth-order valence-corrected chi connectivity index (χ4v) is 5.86. The average Bonchev–Trinajstić information content (AvgIpc) is 3.04. The minimum atomic E-state index is -3.10. The number of fused-ring (bicyclic) bond motifs is 1. The van der Waals surface area contributed by atoms with Gasteiger partial charge in [0.15, 0.2) is 16.4 Å². The highest BCUT2D eigenvalue weighted by atomic mass is 32.2. The zero-order valence-corrected chi connectivity index (χ0v) is 17.5. The molecule has 7 heteroatoms. The Kier molecular flexibility index (Phi) is 6.43. The predicted octanol–water partition coefficient (Wildman–Crippen LogP) is 2.54. The molecule has 1 aliphatic heterocycles. The Morgan fingerprint density at radius 3 is 2.57 bits per heavy atom. The van der Waals surface area contributed by atoms with Gasteiger partial charge in [-0.25, -0.2) is 13.2 Å². The molecule has 154 valence electrons. The summed E-state index contributed by atoms with van der Waals surface area (Å²) in [6.07, 6.45) is 5.45. The maximum Gasteiger partial charge on any atom is 0.338 e. The number of amides is 1. The molecule has 2 aliphatic rings. The molecule has 28 heavy (non-hydrogen) atoms. The van der Waals surface area contributed by atoms with Crippen LogP contribution in [0, 0.1) is 0 Å².